The Kier molecular flexibility index (Phi) is 7.54. The molecule has 0 spiro atoms. The molecule has 0 saturated carbocycles. The van der Waals surface area contributed by atoms with Crippen LogP contribution in [0, 0.1) is 11.7 Å². The molecule has 1 heterocycles. The number of carbonyl (C=O) groups excluding carboxylic acids is 3. The minimum atomic E-state index is -0.442. The van der Waals surface area contributed by atoms with Gasteiger partial charge in [0, 0.05) is 43.8 Å². The zero-order chi connectivity index (χ0) is 22.2. The number of nitrogens with one attached hydrogen (secondary N) is 1. The van der Waals surface area contributed by atoms with Gasteiger partial charge in [-0.15, -0.1) is 0 Å². The summed E-state index contributed by atoms with van der Waals surface area (Å²) in [5.41, 5.74) is 0.802. The quantitative estimate of drug-likeness (QED) is 0.438. The molecule has 1 saturated heterocycles. The molecule has 0 aromatic heterocycles. The van der Waals surface area contributed by atoms with Gasteiger partial charge in [0.25, 0.3) is 5.91 Å². The maximum atomic E-state index is 13.7. The molecule has 2 amide bonds. The zero-order valence-electron chi connectivity index (χ0n) is 17.3. The largest absolute Gasteiger partial charge is 0.427 e. The lowest BCUT2D eigenvalue weighted by atomic mass is 9.96. The highest BCUT2D eigenvalue weighted by molar-refractivity contribution is 5.94. The molecule has 6 nitrogen and oxygen atoms in total. The van der Waals surface area contributed by atoms with E-state index in [1.807, 2.05) is 0 Å². The summed E-state index contributed by atoms with van der Waals surface area (Å²) in [6.45, 7) is 2.98. The van der Waals surface area contributed by atoms with E-state index in [-0.39, 0.29) is 23.5 Å². The molecular formula is C24H25FN2O4. The Balaban J connectivity index is 1.45. The first-order valence-corrected chi connectivity index (χ1v) is 10.2. The number of nitrogens with zero attached hydrogens (tertiary/aromatic N) is 1. The van der Waals surface area contributed by atoms with Gasteiger partial charge in [-0.2, -0.15) is 0 Å². The van der Waals surface area contributed by atoms with E-state index in [0.717, 1.165) is 12.8 Å². The first-order chi connectivity index (χ1) is 14.9. The average Bonchev–Trinajstić information content (AvgIpc) is 2.77. The van der Waals surface area contributed by atoms with E-state index >= 15 is 0 Å². The van der Waals surface area contributed by atoms with Crippen LogP contribution in [0.5, 0.6) is 5.75 Å². The second-order valence-corrected chi connectivity index (χ2v) is 7.46. The van der Waals surface area contributed by atoms with Gasteiger partial charge in [0.05, 0.1) is 0 Å². The van der Waals surface area contributed by atoms with E-state index in [4.69, 9.17) is 4.74 Å². The van der Waals surface area contributed by atoms with Crippen molar-refractivity contribution in [3.8, 4) is 5.75 Å². The summed E-state index contributed by atoms with van der Waals surface area (Å²) >= 11 is 0. The SMILES string of the molecule is CC(=O)Oc1cccc(C(=O)NCC2CCN(C(=O)/C=C/c3ccccc3F)CC2)c1. The minimum Gasteiger partial charge on any atom is -0.427 e. The van der Waals surface area contributed by atoms with Crippen molar-refractivity contribution >= 4 is 23.9 Å². The molecule has 0 bridgehead atoms. The lowest BCUT2D eigenvalue weighted by molar-refractivity contribution is -0.132. The smallest absolute Gasteiger partial charge is 0.308 e. The number of hydrogen-bond acceptors (Lipinski definition) is 4. The summed E-state index contributed by atoms with van der Waals surface area (Å²) in [6, 6.07) is 12.8. The van der Waals surface area contributed by atoms with Crippen molar-refractivity contribution in [3.05, 3.63) is 71.6 Å². The summed E-state index contributed by atoms with van der Waals surface area (Å²) in [5, 5.41) is 2.91. The van der Waals surface area contributed by atoms with Crippen molar-refractivity contribution in [3.63, 3.8) is 0 Å². The highest BCUT2D eigenvalue weighted by Gasteiger charge is 2.22. The second-order valence-electron chi connectivity index (χ2n) is 7.46. The topological polar surface area (TPSA) is 75.7 Å². The molecule has 1 aliphatic rings. The third kappa shape index (κ3) is 6.50. The number of rotatable bonds is 6. The van der Waals surface area contributed by atoms with Crippen LogP contribution in [-0.4, -0.2) is 42.3 Å². The lowest BCUT2D eigenvalue weighted by Gasteiger charge is -2.31. The maximum absolute atomic E-state index is 13.7. The number of carbonyl (C=O) groups is 3. The fraction of sp³-hybridized carbons (Fsp3) is 0.292. The fourth-order valence-corrected chi connectivity index (χ4v) is 3.44. The highest BCUT2D eigenvalue weighted by atomic mass is 19.1. The Morgan fingerprint density at radius 2 is 1.87 bits per heavy atom. The van der Waals surface area contributed by atoms with Crippen molar-refractivity contribution in [2.75, 3.05) is 19.6 Å². The van der Waals surface area contributed by atoms with Crippen LogP contribution in [0.1, 0.15) is 35.7 Å². The van der Waals surface area contributed by atoms with Gasteiger partial charge in [0.2, 0.25) is 5.91 Å². The molecule has 0 aliphatic carbocycles. The monoisotopic (exact) mass is 424 g/mol. The van der Waals surface area contributed by atoms with Gasteiger partial charge < -0.3 is 15.0 Å². The van der Waals surface area contributed by atoms with E-state index in [0.29, 0.717) is 36.5 Å². The Bertz CT molecular complexity index is 981. The number of ether oxygens (including phenoxy) is 1. The molecule has 0 unspecified atom stereocenters. The van der Waals surface area contributed by atoms with E-state index in [2.05, 4.69) is 5.32 Å². The number of benzene rings is 2. The summed E-state index contributed by atoms with van der Waals surface area (Å²) in [4.78, 5) is 37.5. The number of esters is 1. The molecule has 3 rings (SSSR count). The number of likely N-dealkylation sites (tertiary alicyclic amines) is 1. The average molecular weight is 424 g/mol. The highest BCUT2D eigenvalue weighted by Crippen LogP contribution is 2.18. The molecule has 7 heteroatoms. The first-order valence-electron chi connectivity index (χ1n) is 10.2. The molecule has 2 aromatic rings. The van der Waals surface area contributed by atoms with Gasteiger partial charge in [0.1, 0.15) is 11.6 Å². The molecule has 31 heavy (non-hydrogen) atoms. The number of halogens is 1. The Morgan fingerprint density at radius 1 is 1.13 bits per heavy atom. The van der Waals surface area contributed by atoms with E-state index < -0.39 is 5.97 Å². The maximum Gasteiger partial charge on any atom is 0.308 e. The molecule has 162 valence electrons. The molecular weight excluding hydrogens is 399 g/mol. The van der Waals surface area contributed by atoms with Crippen molar-refractivity contribution in [1.82, 2.24) is 10.2 Å². The van der Waals surface area contributed by atoms with Crippen molar-refractivity contribution in [2.45, 2.75) is 19.8 Å². The van der Waals surface area contributed by atoms with Crippen LogP contribution in [0.25, 0.3) is 6.08 Å². The Labute approximate surface area is 180 Å². The molecule has 0 radical (unpaired) electrons. The van der Waals surface area contributed by atoms with Crippen LogP contribution < -0.4 is 10.1 Å². The van der Waals surface area contributed by atoms with Crippen molar-refractivity contribution in [1.29, 1.82) is 0 Å². The number of piperidine rings is 1. The zero-order valence-corrected chi connectivity index (χ0v) is 17.3. The predicted molar refractivity (Wildman–Crippen MR) is 115 cm³/mol. The summed E-state index contributed by atoms with van der Waals surface area (Å²) in [7, 11) is 0. The van der Waals surface area contributed by atoms with Gasteiger partial charge >= 0.3 is 5.97 Å². The van der Waals surface area contributed by atoms with Crippen LogP contribution in [0.4, 0.5) is 4.39 Å². The second kappa shape index (κ2) is 10.5. The normalized spacial score (nSPS) is 14.5. The van der Waals surface area contributed by atoms with Crippen LogP contribution in [-0.2, 0) is 9.59 Å². The third-order valence-electron chi connectivity index (χ3n) is 5.15. The molecule has 1 aliphatic heterocycles. The van der Waals surface area contributed by atoms with Gasteiger partial charge in [-0.05, 0) is 49.1 Å². The van der Waals surface area contributed by atoms with E-state index in [1.165, 1.54) is 31.2 Å². The van der Waals surface area contributed by atoms with Crippen molar-refractivity contribution < 1.29 is 23.5 Å². The van der Waals surface area contributed by atoms with E-state index in [1.54, 1.807) is 41.3 Å². The van der Waals surface area contributed by atoms with Gasteiger partial charge in [0.15, 0.2) is 0 Å². The predicted octanol–water partition coefficient (Wildman–Crippen LogP) is 3.43. The molecule has 1 fully saturated rings. The van der Waals surface area contributed by atoms with Crippen molar-refractivity contribution in [2.24, 2.45) is 5.92 Å². The van der Waals surface area contributed by atoms with Gasteiger partial charge in [-0.3, -0.25) is 14.4 Å². The Morgan fingerprint density at radius 3 is 2.58 bits per heavy atom. The van der Waals surface area contributed by atoms with Crippen LogP contribution in [0.2, 0.25) is 0 Å². The first kappa shape index (κ1) is 22.2. The number of amides is 2. The van der Waals surface area contributed by atoms with E-state index in [9.17, 15) is 18.8 Å². The van der Waals surface area contributed by atoms with Gasteiger partial charge in [-0.25, -0.2) is 4.39 Å². The van der Waals surface area contributed by atoms with Crippen LogP contribution in [0.15, 0.2) is 54.6 Å². The Hall–Kier alpha value is -3.48. The third-order valence-corrected chi connectivity index (χ3v) is 5.15. The van der Waals surface area contributed by atoms with Gasteiger partial charge in [-0.1, -0.05) is 24.3 Å². The fourth-order valence-electron chi connectivity index (χ4n) is 3.44. The molecule has 1 N–H and O–H groups in total. The van der Waals surface area contributed by atoms with Crippen LogP contribution in [0.3, 0.4) is 0 Å². The summed E-state index contributed by atoms with van der Waals surface area (Å²) < 4.78 is 18.7. The molecule has 2 aromatic carbocycles. The van der Waals surface area contributed by atoms with Crippen LogP contribution >= 0.6 is 0 Å². The standard InChI is InChI=1S/C24H25FN2O4/c1-17(28)31-21-7-4-6-20(15-21)24(30)26-16-18-11-13-27(14-12-18)23(29)10-9-19-5-2-3-8-22(19)25/h2-10,15,18H,11-14,16H2,1H3,(H,26,30)/b10-9+. The molecule has 0 atom stereocenters. The summed E-state index contributed by atoms with van der Waals surface area (Å²) in [5.74, 6) is -0.592. The minimum absolute atomic E-state index is 0.145. The number of hydrogen-bond donors (Lipinski definition) is 1. The lowest BCUT2D eigenvalue weighted by Crippen LogP contribution is -2.41. The summed E-state index contributed by atoms with van der Waals surface area (Å²) in [6.07, 6.45) is 4.44.